The minimum absolute atomic E-state index is 0.0895. The van der Waals surface area contributed by atoms with Gasteiger partial charge in [0.1, 0.15) is 11.5 Å². The van der Waals surface area contributed by atoms with E-state index >= 15 is 0 Å². The molecule has 0 saturated heterocycles. The van der Waals surface area contributed by atoms with E-state index < -0.39 is 0 Å². The monoisotopic (exact) mass is 461 g/mol. The first kappa shape index (κ1) is 22.3. The number of hydrogen-bond donors (Lipinski definition) is 2. The summed E-state index contributed by atoms with van der Waals surface area (Å²) in [6.45, 7) is 3.65. The van der Waals surface area contributed by atoms with Crippen LogP contribution in [0, 0.1) is 13.8 Å². The maximum Gasteiger partial charge on any atom is 0.264 e. The molecule has 0 saturated carbocycles. The summed E-state index contributed by atoms with van der Waals surface area (Å²) in [6, 6.07) is 20.4. The number of amides is 2. The third-order valence-corrected chi connectivity index (χ3v) is 5.76. The van der Waals surface area contributed by atoms with E-state index in [1.165, 1.54) is 11.3 Å². The van der Waals surface area contributed by atoms with Crippen molar-refractivity contribution < 1.29 is 19.1 Å². The van der Waals surface area contributed by atoms with E-state index in [1.807, 2.05) is 68.4 Å². The van der Waals surface area contributed by atoms with Crippen molar-refractivity contribution in [3.05, 3.63) is 77.9 Å². The maximum atomic E-state index is 12.3. The number of ether oxygens (including phenoxy) is 2. The van der Waals surface area contributed by atoms with Gasteiger partial charge in [-0.1, -0.05) is 47.7 Å². The first-order valence-corrected chi connectivity index (χ1v) is 11.2. The van der Waals surface area contributed by atoms with E-state index in [0.29, 0.717) is 22.3 Å². The average molecular weight is 462 g/mol. The summed E-state index contributed by atoms with van der Waals surface area (Å²) < 4.78 is 12.0. The maximum absolute atomic E-state index is 12.3. The Morgan fingerprint density at radius 2 is 1.39 bits per heavy atom. The molecule has 4 aromatic rings. The van der Waals surface area contributed by atoms with Crippen molar-refractivity contribution in [2.75, 3.05) is 23.8 Å². The fourth-order valence-electron chi connectivity index (χ4n) is 3.13. The number of rotatable bonds is 8. The van der Waals surface area contributed by atoms with Crippen LogP contribution in [-0.4, -0.2) is 30.0 Å². The number of hydrogen-bond acceptors (Lipinski definition) is 6. The Kier molecular flexibility index (Phi) is 6.85. The number of nitrogens with zero attached hydrogens (tertiary/aromatic N) is 1. The summed E-state index contributed by atoms with van der Waals surface area (Å²) in [7, 11) is 0. The molecule has 4 rings (SSSR count). The Balaban J connectivity index is 1.33. The summed E-state index contributed by atoms with van der Waals surface area (Å²) >= 11 is 1.32. The Hall–Kier alpha value is -3.91. The van der Waals surface area contributed by atoms with Crippen molar-refractivity contribution in [3.63, 3.8) is 0 Å². The molecule has 0 fully saturated rings. The van der Waals surface area contributed by atoms with E-state index in [-0.39, 0.29) is 25.0 Å². The summed E-state index contributed by atoms with van der Waals surface area (Å²) in [5.41, 5.74) is 3.29. The van der Waals surface area contributed by atoms with Crippen LogP contribution in [0.5, 0.6) is 11.5 Å². The molecule has 33 heavy (non-hydrogen) atoms. The van der Waals surface area contributed by atoms with Gasteiger partial charge in [0.2, 0.25) is 0 Å². The van der Waals surface area contributed by atoms with Gasteiger partial charge in [-0.25, -0.2) is 4.98 Å². The number of fused-ring (bicyclic) bond motifs is 1. The molecule has 8 heteroatoms. The van der Waals surface area contributed by atoms with Gasteiger partial charge in [0.15, 0.2) is 18.3 Å². The molecule has 1 aromatic heterocycles. The van der Waals surface area contributed by atoms with Crippen LogP contribution in [-0.2, 0) is 9.59 Å². The average Bonchev–Trinajstić information content (AvgIpc) is 3.19. The Bertz CT molecular complexity index is 1240. The number of para-hydroxylation sites is 2. The van der Waals surface area contributed by atoms with Crippen molar-refractivity contribution in [2.45, 2.75) is 13.8 Å². The van der Waals surface area contributed by atoms with Gasteiger partial charge in [-0.15, -0.1) is 0 Å². The van der Waals surface area contributed by atoms with Crippen molar-refractivity contribution in [2.24, 2.45) is 0 Å². The predicted octanol–water partition coefficient (Wildman–Crippen LogP) is 4.95. The highest BCUT2D eigenvalue weighted by Gasteiger charge is 2.11. The standard InChI is InChI=1S/C25H23N3O4S/c1-16-7-3-5-9-20(16)31-14-23(29)26-18-11-12-19-22(13-18)33-25(27-19)28-24(30)15-32-21-10-6-4-8-17(21)2/h3-13H,14-15H2,1-2H3,(H,26,29)(H,27,28,30). The summed E-state index contributed by atoms with van der Waals surface area (Å²) in [5.74, 6) is 0.796. The minimum atomic E-state index is -0.292. The van der Waals surface area contributed by atoms with E-state index in [0.717, 1.165) is 21.3 Å². The number of anilines is 2. The molecular formula is C25H23N3O4S. The zero-order valence-corrected chi connectivity index (χ0v) is 19.1. The molecule has 0 spiro atoms. The smallest absolute Gasteiger partial charge is 0.264 e. The second-order valence-corrected chi connectivity index (χ2v) is 8.44. The summed E-state index contributed by atoms with van der Waals surface area (Å²) in [5, 5.41) is 6.05. The highest BCUT2D eigenvalue weighted by Crippen LogP contribution is 2.28. The predicted molar refractivity (Wildman–Crippen MR) is 130 cm³/mol. The van der Waals surface area contributed by atoms with Gasteiger partial charge in [-0.2, -0.15) is 0 Å². The lowest BCUT2D eigenvalue weighted by atomic mass is 10.2. The molecule has 2 N–H and O–H groups in total. The first-order valence-electron chi connectivity index (χ1n) is 10.3. The number of aromatic nitrogens is 1. The number of nitrogens with one attached hydrogen (secondary N) is 2. The number of thiazole rings is 1. The van der Waals surface area contributed by atoms with Crippen molar-refractivity contribution >= 4 is 44.2 Å². The third kappa shape index (κ3) is 5.87. The highest BCUT2D eigenvalue weighted by atomic mass is 32.1. The van der Waals surface area contributed by atoms with Crippen LogP contribution < -0.4 is 20.1 Å². The molecule has 168 valence electrons. The Labute approximate surface area is 195 Å². The van der Waals surface area contributed by atoms with E-state index in [1.54, 1.807) is 12.1 Å². The molecule has 0 bridgehead atoms. The first-order chi connectivity index (χ1) is 16.0. The van der Waals surface area contributed by atoms with Crippen LogP contribution in [0.15, 0.2) is 66.7 Å². The van der Waals surface area contributed by atoms with Crippen LogP contribution in [0.1, 0.15) is 11.1 Å². The highest BCUT2D eigenvalue weighted by molar-refractivity contribution is 7.22. The van der Waals surface area contributed by atoms with Gasteiger partial charge in [-0.05, 0) is 55.3 Å². The number of benzene rings is 3. The normalized spacial score (nSPS) is 10.6. The van der Waals surface area contributed by atoms with Crippen LogP contribution in [0.2, 0.25) is 0 Å². The fourth-order valence-corrected chi connectivity index (χ4v) is 4.05. The van der Waals surface area contributed by atoms with Crippen LogP contribution in [0.25, 0.3) is 10.2 Å². The van der Waals surface area contributed by atoms with Crippen molar-refractivity contribution in [3.8, 4) is 11.5 Å². The number of aryl methyl sites for hydroxylation is 2. The molecule has 0 aliphatic carbocycles. The molecule has 7 nitrogen and oxygen atoms in total. The molecule has 0 aliphatic rings. The second kappa shape index (κ2) is 10.1. The van der Waals surface area contributed by atoms with Gasteiger partial charge in [0.05, 0.1) is 10.2 Å². The molecule has 1 heterocycles. The molecule has 0 radical (unpaired) electrons. The largest absolute Gasteiger partial charge is 0.483 e. The molecule has 0 unspecified atom stereocenters. The van der Waals surface area contributed by atoms with E-state index in [2.05, 4.69) is 15.6 Å². The molecular weight excluding hydrogens is 438 g/mol. The van der Waals surface area contributed by atoms with Gasteiger partial charge < -0.3 is 14.8 Å². The summed E-state index contributed by atoms with van der Waals surface area (Å²) in [4.78, 5) is 29.0. The Morgan fingerprint density at radius 1 is 0.818 bits per heavy atom. The van der Waals surface area contributed by atoms with Gasteiger partial charge in [0, 0.05) is 5.69 Å². The molecule has 3 aromatic carbocycles. The van der Waals surface area contributed by atoms with E-state index in [4.69, 9.17) is 9.47 Å². The summed E-state index contributed by atoms with van der Waals surface area (Å²) in [6.07, 6.45) is 0. The zero-order chi connectivity index (χ0) is 23.2. The molecule has 0 aliphatic heterocycles. The van der Waals surface area contributed by atoms with E-state index in [9.17, 15) is 9.59 Å². The van der Waals surface area contributed by atoms with Gasteiger partial charge >= 0.3 is 0 Å². The fraction of sp³-hybridized carbons (Fsp3) is 0.160. The SMILES string of the molecule is Cc1ccccc1OCC(=O)Nc1ccc2nc(NC(=O)COc3ccccc3C)sc2c1. The van der Waals surface area contributed by atoms with Crippen LogP contribution >= 0.6 is 11.3 Å². The topological polar surface area (TPSA) is 89.5 Å². The van der Waals surface area contributed by atoms with Crippen molar-refractivity contribution in [1.82, 2.24) is 4.98 Å². The van der Waals surface area contributed by atoms with Gasteiger partial charge in [0.25, 0.3) is 11.8 Å². The van der Waals surface area contributed by atoms with Gasteiger partial charge in [-0.3, -0.25) is 14.9 Å². The third-order valence-electron chi connectivity index (χ3n) is 4.82. The Morgan fingerprint density at radius 3 is 2.00 bits per heavy atom. The minimum Gasteiger partial charge on any atom is -0.483 e. The lowest BCUT2D eigenvalue weighted by Gasteiger charge is -2.09. The molecule has 2 amide bonds. The molecule has 0 atom stereocenters. The quantitative estimate of drug-likeness (QED) is 0.388. The van der Waals surface area contributed by atoms with Crippen molar-refractivity contribution in [1.29, 1.82) is 0 Å². The van der Waals surface area contributed by atoms with Crippen LogP contribution in [0.4, 0.5) is 10.8 Å². The number of carbonyl (C=O) groups excluding carboxylic acids is 2. The zero-order valence-electron chi connectivity index (χ0n) is 18.3. The number of carbonyl (C=O) groups is 2. The van der Waals surface area contributed by atoms with Crippen LogP contribution in [0.3, 0.4) is 0 Å². The lowest BCUT2D eigenvalue weighted by molar-refractivity contribution is -0.118. The lowest BCUT2D eigenvalue weighted by Crippen LogP contribution is -2.20. The second-order valence-electron chi connectivity index (χ2n) is 7.41.